The number of anilines is 1. The van der Waals surface area contributed by atoms with Crippen molar-refractivity contribution >= 4 is 17.6 Å². The first-order valence-corrected chi connectivity index (χ1v) is 8.11. The fourth-order valence-corrected chi connectivity index (χ4v) is 2.20. The van der Waals surface area contributed by atoms with Crippen molar-refractivity contribution < 1.29 is 14.3 Å². The molecule has 0 fully saturated rings. The fourth-order valence-electron chi connectivity index (χ4n) is 2.20. The highest BCUT2D eigenvalue weighted by Gasteiger charge is 2.24. The SMILES string of the molecule is CCC(CC(C)C(=O)Nc1ccccc1)C(=O)OCCN(C)C. The molecule has 1 amide bonds. The molecule has 5 nitrogen and oxygen atoms in total. The number of likely N-dealkylation sites (N-methyl/N-ethyl adjacent to an activating group) is 1. The van der Waals surface area contributed by atoms with Crippen molar-refractivity contribution in [3.63, 3.8) is 0 Å². The van der Waals surface area contributed by atoms with Crippen LogP contribution < -0.4 is 5.32 Å². The Hall–Kier alpha value is -1.88. The van der Waals surface area contributed by atoms with Gasteiger partial charge in [0.1, 0.15) is 6.61 Å². The van der Waals surface area contributed by atoms with Gasteiger partial charge in [0.2, 0.25) is 5.91 Å². The second kappa shape index (κ2) is 10.0. The highest BCUT2D eigenvalue weighted by molar-refractivity contribution is 5.92. The second-order valence-corrected chi connectivity index (χ2v) is 6.07. The van der Waals surface area contributed by atoms with E-state index in [2.05, 4.69) is 5.32 Å². The molecule has 1 aromatic carbocycles. The maximum Gasteiger partial charge on any atom is 0.308 e. The predicted octanol–water partition coefficient (Wildman–Crippen LogP) is 2.78. The lowest BCUT2D eigenvalue weighted by Gasteiger charge is -2.19. The molecule has 128 valence electrons. The standard InChI is InChI=1S/C18H28N2O3/c1-5-15(18(22)23-12-11-20(3)4)13-14(2)17(21)19-16-9-7-6-8-10-16/h6-10,14-15H,5,11-13H2,1-4H3,(H,19,21). The molecule has 0 aliphatic carbocycles. The van der Waals surface area contributed by atoms with E-state index in [1.54, 1.807) is 0 Å². The number of amides is 1. The number of para-hydroxylation sites is 1. The van der Waals surface area contributed by atoms with Gasteiger partial charge in [-0.2, -0.15) is 0 Å². The van der Waals surface area contributed by atoms with Crippen LogP contribution in [-0.2, 0) is 14.3 Å². The molecule has 2 atom stereocenters. The largest absolute Gasteiger partial charge is 0.464 e. The van der Waals surface area contributed by atoms with Crippen molar-refractivity contribution in [3.8, 4) is 0 Å². The molecule has 1 aromatic rings. The van der Waals surface area contributed by atoms with Crippen LogP contribution in [0.4, 0.5) is 5.69 Å². The maximum absolute atomic E-state index is 12.2. The molecular formula is C18H28N2O3. The zero-order valence-corrected chi connectivity index (χ0v) is 14.5. The number of esters is 1. The summed E-state index contributed by atoms with van der Waals surface area (Å²) in [5.41, 5.74) is 0.769. The van der Waals surface area contributed by atoms with Gasteiger partial charge in [-0.3, -0.25) is 9.59 Å². The molecule has 23 heavy (non-hydrogen) atoms. The first-order chi connectivity index (χ1) is 10.9. The minimum atomic E-state index is -0.249. The molecule has 0 heterocycles. The molecule has 0 aliphatic rings. The van der Waals surface area contributed by atoms with Crippen molar-refractivity contribution in [3.05, 3.63) is 30.3 Å². The van der Waals surface area contributed by atoms with Gasteiger partial charge in [0.05, 0.1) is 5.92 Å². The summed E-state index contributed by atoms with van der Waals surface area (Å²) in [5, 5.41) is 2.87. The van der Waals surface area contributed by atoms with Crippen molar-refractivity contribution in [2.24, 2.45) is 11.8 Å². The average molecular weight is 320 g/mol. The number of rotatable bonds is 9. The quantitative estimate of drug-likeness (QED) is 0.711. The van der Waals surface area contributed by atoms with Gasteiger partial charge in [-0.15, -0.1) is 0 Å². The molecule has 5 heteroatoms. The zero-order valence-electron chi connectivity index (χ0n) is 14.5. The van der Waals surface area contributed by atoms with Crippen molar-refractivity contribution in [1.82, 2.24) is 4.90 Å². The molecule has 0 saturated heterocycles. The van der Waals surface area contributed by atoms with Crippen LogP contribution in [0.1, 0.15) is 26.7 Å². The van der Waals surface area contributed by atoms with E-state index in [0.717, 1.165) is 5.69 Å². The molecule has 0 spiro atoms. The summed E-state index contributed by atoms with van der Waals surface area (Å²) in [6, 6.07) is 9.33. The number of benzene rings is 1. The summed E-state index contributed by atoms with van der Waals surface area (Å²) in [7, 11) is 3.86. The normalized spacial score (nSPS) is 13.4. The first kappa shape index (κ1) is 19.2. The highest BCUT2D eigenvalue weighted by Crippen LogP contribution is 2.19. The Morgan fingerprint density at radius 2 is 1.87 bits per heavy atom. The lowest BCUT2D eigenvalue weighted by Crippen LogP contribution is -2.28. The molecule has 0 bridgehead atoms. The van der Waals surface area contributed by atoms with E-state index in [1.165, 1.54) is 0 Å². The Kier molecular flexibility index (Phi) is 8.33. The van der Waals surface area contributed by atoms with Crippen LogP contribution >= 0.6 is 0 Å². The second-order valence-electron chi connectivity index (χ2n) is 6.07. The molecular weight excluding hydrogens is 292 g/mol. The Morgan fingerprint density at radius 1 is 1.22 bits per heavy atom. The molecule has 2 unspecified atom stereocenters. The maximum atomic E-state index is 12.2. The summed E-state index contributed by atoms with van der Waals surface area (Å²) < 4.78 is 5.29. The Balaban J connectivity index is 2.46. The molecule has 0 radical (unpaired) electrons. The van der Waals surface area contributed by atoms with E-state index in [4.69, 9.17) is 4.74 Å². The Bertz CT molecular complexity index is 488. The average Bonchev–Trinajstić information content (AvgIpc) is 2.52. The monoisotopic (exact) mass is 320 g/mol. The topological polar surface area (TPSA) is 58.6 Å². The van der Waals surface area contributed by atoms with Gasteiger partial charge in [-0.25, -0.2) is 0 Å². The third-order valence-corrected chi connectivity index (χ3v) is 3.74. The number of hydrogen-bond acceptors (Lipinski definition) is 4. The van der Waals surface area contributed by atoms with E-state index in [-0.39, 0.29) is 23.7 Å². The van der Waals surface area contributed by atoms with Crippen LogP contribution in [0.3, 0.4) is 0 Å². The smallest absolute Gasteiger partial charge is 0.308 e. The minimum Gasteiger partial charge on any atom is -0.464 e. The van der Waals surface area contributed by atoms with Gasteiger partial charge in [0.15, 0.2) is 0 Å². The van der Waals surface area contributed by atoms with Crippen molar-refractivity contribution in [2.45, 2.75) is 26.7 Å². The number of nitrogens with zero attached hydrogens (tertiary/aromatic N) is 1. The minimum absolute atomic E-state index is 0.0734. The molecule has 0 saturated carbocycles. The van der Waals surface area contributed by atoms with E-state index in [9.17, 15) is 9.59 Å². The first-order valence-electron chi connectivity index (χ1n) is 8.11. The lowest BCUT2D eigenvalue weighted by molar-refractivity contribution is -0.149. The van der Waals surface area contributed by atoms with E-state index >= 15 is 0 Å². The van der Waals surface area contributed by atoms with Gasteiger partial charge in [-0.1, -0.05) is 32.0 Å². The van der Waals surface area contributed by atoms with Crippen LogP contribution in [0.5, 0.6) is 0 Å². The van der Waals surface area contributed by atoms with Crippen LogP contribution in [0, 0.1) is 11.8 Å². The Labute approximate surface area is 139 Å². The van der Waals surface area contributed by atoms with Gasteiger partial charge < -0.3 is 15.0 Å². The van der Waals surface area contributed by atoms with Gasteiger partial charge in [0.25, 0.3) is 0 Å². The van der Waals surface area contributed by atoms with E-state index < -0.39 is 0 Å². The molecule has 1 rings (SSSR count). The summed E-state index contributed by atoms with van der Waals surface area (Å²) in [6.45, 7) is 4.87. The van der Waals surface area contributed by atoms with Crippen molar-refractivity contribution in [2.75, 3.05) is 32.6 Å². The van der Waals surface area contributed by atoms with Crippen LogP contribution in [0.2, 0.25) is 0 Å². The van der Waals surface area contributed by atoms with E-state index in [0.29, 0.717) is 26.0 Å². The number of carbonyl (C=O) groups excluding carboxylic acids is 2. The fraction of sp³-hybridized carbons (Fsp3) is 0.556. The van der Waals surface area contributed by atoms with Crippen LogP contribution in [0.25, 0.3) is 0 Å². The predicted molar refractivity (Wildman–Crippen MR) is 92.1 cm³/mol. The van der Waals surface area contributed by atoms with Crippen molar-refractivity contribution in [1.29, 1.82) is 0 Å². The number of nitrogens with one attached hydrogen (secondary N) is 1. The van der Waals surface area contributed by atoms with Gasteiger partial charge in [0, 0.05) is 18.2 Å². The number of carbonyl (C=O) groups is 2. The zero-order chi connectivity index (χ0) is 17.2. The van der Waals surface area contributed by atoms with Gasteiger partial charge >= 0.3 is 5.97 Å². The molecule has 0 aromatic heterocycles. The number of ether oxygens (including phenoxy) is 1. The van der Waals surface area contributed by atoms with Gasteiger partial charge in [-0.05, 0) is 39.1 Å². The third-order valence-electron chi connectivity index (χ3n) is 3.74. The summed E-state index contributed by atoms with van der Waals surface area (Å²) in [4.78, 5) is 26.3. The van der Waals surface area contributed by atoms with E-state index in [1.807, 2.05) is 63.2 Å². The summed E-state index contributed by atoms with van der Waals surface area (Å²) >= 11 is 0. The summed E-state index contributed by atoms with van der Waals surface area (Å²) in [5.74, 6) is -0.778. The Morgan fingerprint density at radius 3 is 2.43 bits per heavy atom. The summed E-state index contributed by atoms with van der Waals surface area (Å²) in [6.07, 6.45) is 1.17. The third kappa shape index (κ3) is 7.28. The highest BCUT2D eigenvalue weighted by atomic mass is 16.5. The number of hydrogen-bond donors (Lipinski definition) is 1. The van der Waals surface area contributed by atoms with Crippen LogP contribution in [-0.4, -0.2) is 44.0 Å². The molecule has 0 aliphatic heterocycles. The van der Waals surface area contributed by atoms with Crippen LogP contribution in [0.15, 0.2) is 30.3 Å². The lowest BCUT2D eigenvalue weighted by atomic mass is 9.93. The molecule has 1 N–H and O–H groups in total.